The zero-order chi connectivity index (χ0) is 16.1. The summed E-state index contributed by atoms with van der Waals surface area (Å²) in [6.07, 6.45) is 1.87. The maximum Gasteiger partial charge on any atom is 0.345 e. The Hall–Kier alpha value is -2.44. The van der Waals surface area contributed by atoms with E-state index in [2.05, 4.69) is 6.92 Å². The number of nitro benzene ring substituents is 1. The summed E-state index contributed by atoms with van der Waals surface area (Å²) in [5.41, 5.74) is -0.473. The molecule has 0 bridgehead atoms. The van der Waals surface area contributed by atoms with Crippen LogP contribution >= 0.6 is 0 Å². The average molecular weight is 306 g/mol. The van der Waals surface area contributed by atoms with Gasteiger partial charge in [0.05, 0.1) is 4.92 Å². The van der Waals surface area contributed by atoms with Crippen LogP contribution in [-0.2, 0) is 9.53 Å². The number of rotatable bonds is 4. The van der Waals surface area contributed by atoms with Crippen molar-refractivity contribution in [3.63, 3.8) is 0 Å². The Morgan fingerprint density at radius 2 is 1.95 bits per heavy atom. The van der Waals surface area contributed by atoms with Crippen molar-refractivity contribution < 1.29 is 19.2 Å². The molecule has 1 aromatic rings. The molecule has 0 N–H and O–H groups in total. The highest BCUT2D eigenvalue weighted by Crippen LogP contribution is 2.19. The summed E-state index contributed by atoms with van der Waals surface area (Å²) in [6.45, 7) is 3.06. The van der Waals surface area contributed by atoms with Gasteiger partial charge in [0.2, 0.25) is 0 Å². The molecule has 0 saturated carbocycles. The first kappa shape index (κ1) is 15.9. The van der Waals surface area contributed by atoms with Crippen LogP contribution in [0.25, 0.3) is 0 Å². The minimum atomic E-state index is -0.856. The smallest absolute Gasteiger partial charge is 0.345 e. The van der Waals surface area contributed by atoms with E-state index in [0.29, 0.717) is 19.0 Å². The number of carbonyl (C=O) groups excluding carboxylic acids is 2. The summed E-state index contributed by atoms with van der Waals surface area (Å²) in [7, 11) is 0. The van der Waals surface area contributed by atoms with Gasteiger partial charge in [0, 0.05) is 19.2 Å². The van der Waals surface area contributed by atoms with E-state index in [1.165, 1.54) is 24.3 Å². The topological polar surface area (TPSA) is 89.8 Å². The molecule has 0 atom stereocenters. The van der Waals surface area contributed by atoms with E-state index in [-0.39, 0.29) is 23.8 Å². The van der Waals surface area contributed by atoms with Crippen molar-refractivity contribution >= 4 is 17.6 Å². The summed E-state index contributed by atoms with van der Waals surface area (Å²) >= 11 is 0. The van der Waals surface area contributed by atoms with Crippen molar-refractivity contribution in [2.45, 2.75) is 19.8 Å². The fourth-order valence-corrected chi connectivity index (χ4v) is 2.36. The molecule has 7 nitrogen and oxygen atoms in total. The SMILES string of the molecule is CC1CCN(C(=O)COC(=O)c2ccccc2[N+](=O)[O-])CC1. The third-order valence-corrected chi connectivity index (χ3v) is 3.78. The van der Waals surface area contributed by atoms with E-state index >= 15 is 0 Å². The van der Waals surface area contributed by atoms with Crippen LogP contribution in [0.5, 0.6) is 0 Å². The van der Waals surface area contributed by atoms with Crippen LogP contribution in [0.2, 0.25) is 0 Å². The van der Waals surface area contributed by atoms with E-state index in [9.17, 15) is 19.7 Å². The fraction of sp³-hybridized carbons (Fsp3) is 0.467. The second kappa shape index (κ2) is 7.02. The highest BCUT2D eigenvalue weighted by atomic mass is 16.6. The van der Waals surface area contributed by atoms with Crippen LogP contribution in [0.4, 0.5) is 5.69 Å². The molecule has 1 amide bonds. The number of carbonyl (C=O) groups is 2. The number of hydrogen-bond donors (Lipinski definition) is 0. The maximum atomic E-state index is 12.0. The summed E-state index contributed by atoms with van der Waals surface area (Å²) < 4.78 is 4.93. The highest BCUT2D eigenvalue weighted by molar-refractivity contribution is 5.95. The second-order valence-corrected chi connectivity index (χ2v) is 5.41. The molecular formula is C15H18N2O5. The van der Waals surface area contributed by atoms with Gasteiger partial charge in [-0.3, -0.25) is 14.9 Å². The second-order valence-electron chi connectivity index (χ2n) is 5.41. The lowest BCUT2D eigenvalue weighted by Crippen LogP contribution is -2.40. The van der Waals surface area contributed by atoms with Gasteiger partial charge in [-0.25, -0.2) is 4.79 Å². The largest absolute Gasteiger partial charge is 0.452 e. The van der Waals surface area contributed by atoms with Gasteiger partial charge in [0.1, 0.15) is 5.56 Å². The van der Waals surface area contributed by atoms with Crippen LogP contribution < -0.4 is 0 Å². The van der Waals surface area contributed by atoms with E-state index < -0.39 is 10.9 Å². The standard InChI is InChI=1S/C15H18N2O5/c1-11-6-8-16(9-7-11)14(18)10-22-15(19)12-4-2-3-5-13(12)17(20)21/h2-5,11H,6-10H2,1H3. The third-order valence-electron chi connectivity index (χ3n) is 3.78. The number of piperidine rings is 1. The molecule has 1 heterocycles. The third kappa shape index (κ3) is 3.81. The number of nitro groups is 1. The molecule has 0 aromatic heterocycles. The molecule has 7 heteroatoms. The molecule has 1 saturated heterocycles. The van der Waals surface area contributed by atoms with Gasteiger partial charge in [-0.15, -0.1) is 0 Å². The number of amides is 1. The van der Waals surface area contributed by atoms with E-state index in [4.69, 9.17) is 4.74 Å². The Morgan fingerprint density at radius 3 is 2.59 bits per heavy atom. The summed E-state index contributed by atoms with van der Waals surface area (Å²) in [5.74, 6) is -0.525. The Labute approximate surface area is 128 Å². The first-order chi connectivity index (χ1) is 10.5. The summed E-state index contributed by atoms with van der Waals surface area (Å²) in [5, 5.41) is 10.9. The molecule has 1 aliphatic heterocycles. The maximum absolute atomic E-state index is 12.0. The molecule has 0 radical (unpaired) electrons. The van der Waals surface area contributed by atoms with Crippen LogP contribution in [0.3, 0.4) is 0 Å². The molecule has 1 aliphatic rings. The van der Waals surface area contributed by atoms with E-state index in [1.807, 2.05) is 0 Å². The minimum Gasteiger partial charge on any atom is -0.452 e. The lowest BCUT2D eigenvalue weighted by atomic mass is 9.99. The molecule has 0 spiro atoms. The Kier molecular flexibility index (Phi) is 5.08. The zero-order valence-corrected chi connectivity index (χ0v) is 12.4. The number of likely N-dealkylation sites (tertiary alicyclic amines) is 1. The molecule has 1 fully saturated rings. The van der Waals surface area contributed by atoms with Gasteiger partial charge in [-0.05, 0) is 24.8 Å². The van der Waals surface area contributed by atoms with Gasteiger partial charge in [0.25, 0.3) is 11.6 Å². The molecule has 2 rings (SSSR count). The van der Waals surface area contributed by atoms with Crippen molar-refractivity contribution in [1.29, 1.82) is 0 Å². The summed E-state index contributed by atoms with van der Waals surface area (Å²) in [6, 6.07) is 5.52. The number of benzene rings is 1. The predicted molar refractivity (Wildman–Crippen MR) is 78.4 cm³/mol. The van der Waals surface area contributed by atoms with Crippen LogP contribution in [-0.4, -0.2) is 41.4 Å². The molecule has 22 heavy (non-hydrogen) atoms. The van der Waals surface area contributed by atoms with Crippen molar-refractivity contribution in [3.05, 3.63) is 39.9 Å². The molecule has 118 valence electrons. The number of hydrogen-bond acceptors (Lipinski definition) is 5. The van der Waals surface area contributed by atoms with Crippen molar-refractivity contribution in [2.75, 3.05) is 19.7 Å². The molecule has 0 aliphatic carbocycles. The van der Waals surface area contributed by atoms with Crippen LogP contribution in [0.15, 0.2) is 24.3 Å². The lowest BCUT2D eigenvalue weighted by Gasteiger charge is -2.30. The number of nitrogens with zero attached hydrogens (tertiary/aromatic N) is 2. The number of para-hydroxylation sites is 1. The monoisotopic (exact) mass is 306 g/mol. The van der Waals surface area contributed by atoms with Gasteiger partial charge in [0.15, 0.2) is 6.61 Å². The molecule has 0 unspecified atom stereocenters. The molecular weight excluding hydrogens is 288 g/mol. The summed E-state index contributed by atoms with van der Waals surface area (Å²) in [4.78, 5) is 35.8. The van der Waals surface area contributed by atoms with Crippen molar-refractivity contribution in [1.82, 2.24) is 4.90 Å². The Balaban J connectivity index is 1.93. The number of ether oxygens (including phenoxy) is 1. The van der Waals surface area contributed by atoms with Crippen LogP contribution in [0, 0.1) is 16.0 Å². The van der Waals surface area contributed by atoms with Crippen molar-refractivity contribution in [2.24, 2.45) is 5.92 Å². The minimum absolute atomic E-state index is 0.146. The first-order valence-corrected chi connectivity index (χ1v) is 7.17. The molecule has 1 aromatic carbocycles. The first-order valence-electron chi connectivity index (χ1n) is 7.17. The van der Waals surface area contributed by atoms with Crippen LogP contribution in [0.1, 0.15) is 30.1 Å². The highest BCUT2D eigenvalue weighted by Gasteiger charge is 2.24. The quantitative estimate of drug-likeness (QED) is 0.482. The lowest BCUT2D eigenvalue weighted by molar-refractivity contribution is -0.385. The predicted octanol–water partition coefficient (Wildman–Crippen LogP) is 2.01. The van der Waals surface area contributed by atoms with E-state index in [1.54, 1.807) is 4.90 Å². The van der Waals surface area contributed by atoms with Gasteiger partial charge in [-0.2, -0.15) is 0 Å². The van der Waals surface area contributed by atoms with Gasteiger partial charge in [-0.1, -0.05) is 19.1 Å². The van der Waals surface area contributed by atoms with Gasteiger partial charge < -0.3 is 9.64 Å². The number of esters is 1. The van der Waals surface area contributed by atoms with E-state index in [0.717, 1.165) is 12.8 Å². The normalized spacial score (nSPS) is 15.4. The Bertz CT molecular complexity index is 579. The van der Waals surface area contributed by atoms with Gasteiger partial charge >= 0.3 is 5.97 Å². The Morgan fingerprint density at radius 1 is 1.32 bits per heavy atom. The van der Waals surface area contributed by atoms with Crippen molar-refractivity contribution in [3.8, 4) is 0 Å². The zero-order valence-electron chi connectivity index (χ0n) is 12.4. The fourth-order valence-electron chi connectivity index (χ4n) is 2.36. The average Bonchev–Trinajstić information content (AvgIpc) is 2.53.